The Hall–Kier alpha value is 0.0674. The van der Waals surface area contributed by atoms with Crippen LogP contribution in [0.2, 0.25) is 0 Å². The van der Waals surface area contributed by atoms with Gasteiger partial charge in [-0.15, -0.1) is 0 Å². The average Bonchev–Trinajstić information content (AvgIpc) is 1.80. The van der Waals surface area contributed by atoms with Crippen LogP contribution in [0, 0.1) is 0 Å². The minimum absolute atomic E-state index is 0. The van der Waals surface area contributed by atoms with Gasteiger partial charge in [0, 0.05) is 6.42 Å². The normalized spacial score (nSPS) is 8.50. The van der Waals surface area contributed by atoms with Gasteiger partial charge in [-0.2, -0.15) is 0 Å². The molecule has 0 aliphatic carbocycles. The number of hydrogen-bond donors (Lipinski definition) is 1. The van der Waals surface area contributed by atoms with E-state index < -0.39 is 0 Å². The van der Waals surface area contributed by atoms with Gasteiger partial charge in [-0.3, -0.25) is 4.79 Å². The first-order valence-electron chi connectivity index (χ1n) is 3.55. The van der Waals surface area contributed by atoms with E-state index in [2.05, 4.69) is 6.92 Å². The molecule has 0 aromatic rings. The minimum atomic E-state index is -0.175. The Labute approximate surface area is 76.2 Å². The molecular weight excluding hydrogens is 121 g/mol. The van der Waals surface area contributed by atoms with Gasteiger partial charge in [0.15, 0.2) is 0 Å². The molecule has 0 aliphatic heterocycles. The van der Waals surface area contributed by atoms with Gasteiger partial charge in [0.1, 0.15) is 0 Å². The molecule has 1 amide bonds. The molecule has 0 radical (unpaired) electrons. The number of unbranched alkanes of at least 4 members (excludes halogenated alkanes) is 3. The Bertz CT molecular complexity index is 90.5. The summed E-state index contributed by atoms with van der Waals surface area (Å²) in [7, 11) is 0. The summed E-state index contributed by atoms with van der Waals surface area (Å²) >= 11 is 0. The van der Waals surface area contributed by atoms with Crippen LogP contribution in [0.5, 0.6) is 0 Å². The van der Waals surface area contributed by atoms with Gasteiger partial charge < -0.3 is 7.16 Å². The summed E-state index contributed by atoms with van der Waals surface area (Å²) in [5.74, 6) is -0.175. The summed E-state index contributed by atoms with van der Waals surface area (Å²) in [6.45, 7) is 2.14. The summed E-state index contributed by atoms with van der Waals surface area (Å²) < 4.78 is 0. The van der Waals surface area contributed by atoms with Crippen LogP contribution in [0.15, 0.2) is 0 Å². The zero-order chi connectivity index (χ0) is 7.11. The fraction of sp³-hybridized carbons (Fsp3) is 0.857. The summed E-state index contributed by atoms with van der Waals surface area (Å²) in [6.07, 6.45) is 5.08. The molecule has 0 fully saturated rings. The van der Waals surface area contributed by atoms with Gasteiger partial charge in [0.2, 0.25) is 5.91 Å². The van der Waals surface area contributed by atoms with Crippen LogP contribution >= 0.6 is 0 Å². The Balaban J connectivity index is -0.000000320. The van der Waals surface area contributed by atoms with Crippen LogP contribution in [-0.4, -0.2) is 5.91 Å². The first kappa shape index (κ1) is 12.7. The van der Waals surface area contributed by atoms with Crippen molar-refractivity contribution in [3.63, 3.8) is 0 Å². The molecule has 0 bridgehead atoms. The van der Waals surface area contributed by atoms with Crippen molar-refractivity contribution in [1.82, 2.24) is 0 Å². The minimum Gasteiger partial charge on any atom is -1.00 e. The third kappa shape index (κ3) is 10.9. The zero-order valence-corrected chi connectivity index (χ0v) is 7.02. The van der Waals surface area contributed by atoms with Crippen molar-refractivity contribution in [3.05, 3.63) is 0 Å². The monoisotopic (exact) mass is 137 g/mol. The van der Waals surface area contributed by atoms with Crippen LogP contribution in [0.4, 0.5) is 0 Å². The number of primary amides is 1. The van der Waals surface area contributed by atoms with Crippen LogP contribution in [0.1, 0.15) is 40.5 Å². The van der Waals surface area contributed by atoms with Crippen molar-refractivity contribution < 1.29 is 25.1 Å². The van der Waals surface area contributed by atoms with Gasteiger partial charge in [-0.1, -0.05) is 26.2 Å². The van der Waals surface area contributed by atoms with Crippen molar-refractivity contribution in [2.45, 2.75) is 39.0 Å². The molecule has 0 saturated heterocycles. The zero-order valence-electron chi connectivity index (χ0n) is 8.02. The molecule has 0 aliphatic rings. The van der Waals surface area contributed by atoms with E-state index in [9.17, 15) is 4.79 Å². The fourth-order valence-corrected chi connectivity index (χ4v) is 0.726. The Morgan fingerprint density at radius 2 is 2.00 bits per heavy atom. The predicted molar refractivity (Wildman–Crippen MR) is 39.1 cm³/mol. The molecule has 0 unspecified atom stereocenters. The van der Waals surface area contributed by atoms with Crippen LogP contribution in [0.3, 0.4) is 0 Å². The van der Waals surface area contributed by atoms with Gasteiger partial charge in [0.05, 0.1) is 0 Å². The molecule has 0 aromatic heterocycles. The van der Waals surface area contributed by atoms with Gasteiger partial charge in [0.25, 0.3) is 0 Å². The molecule has 0 heterocycles. The van der Waals surface area contributed by atoms with Gasteiger partial charge in [-0.05, 0) is 6.42 Å². The standard InChI is InChI=1S/C7H15NO.Li.H/c1-2-3-4-5-6-7(8)9;;/h2-6H2,1H3,(H2,8,9);;/q;+1;-1. The number of rotatable bonds is 5. The van der Waals surface area contributed by atoms with E-state index in [1.54, 1.807) is 0 Å². The second kappa shape index (κ2) is 9.07. The molecular formula is C7H16LiNO. The molecule has 56 valence electrons. The van der Waals surface area contributed by atoms with Crippen molar-refractivity contribution in [2.24, 2.45) is 5.73 Å². The second-order valence-electron chi connectivity index (χ2n) is 2.28. The molecule has 0 atom stereocenters. The first-order chi connectivity index (χ1) is 4.27. The average molecular weight is 137 g/mol. The Morgan fingerprint density at radius 3 is 2.40 bits per heavy atom. The maximum atomic E-state index is 10.2. The SMILES string of the molecule is CCCCCCC(N)=O.[H-].[Li+]. The number of amides is 1. The second-order valence-corrected chi connectivity index (χ2v) is 2.28. The molecule has 0 aromatic carbocycles. The maximum Gasteiger partial charge on any atom is 1.00 e. The molecule has 3 heteroatoms. The molecule has 0 rings (SSSR count). The van der Waals surface area contributed by atoms with Crippen molar-refractivity contribution >= 4 is 5.91 Å². The fourth-order valence-electron chi connectivity index (χ4n) is 0.726. The Kier molecular flexibility index (Phi) is 11.5. The van der Waals surface area contributed by atoms with Crippen molar-refractivity contribution in [2.75, 3.05) is 0 Å². The topological polar surface area (TPSA) is 43.1 Å². The maximum absolute atomic E-state index is 10.2. The van der Waals surface area contributed by atoms with E-state index in [4.69, 9.17) is 5.73 Å². The predicted octanol–water partition coefficient (Wildman–Crippen LogP) is -1.44. The molecule has 2 nitrogen and oxygen atoms in total. The number of carbonyl (C=O) groups excluding carboxylic acids is 1. The van der Waals surface area contributed by atoms with E-state index in [1.807, 2.05) is 0 Å². The van der Waals surface area contributed by atoms with E-state index in [1.165, 1.54) is 12.8 Å². The third-order valence-electron chi connectivity index (χ3n) is 1.28. The summed E-state index contributed by atoms with van der Waals surface area (Å²) in [4.78, 5) is 10.2. The van der Waals surface area contributed by atoms with E-state index in [0.717, 1.165) is 12.8 Å². The van der Waals surface area contributed by atoms with Gasteiger partial charge in [-0.25, -0.2) is 0 Å². The van der Waals surface area contributed by atoms with Gasteiger partial charge >= 0.3 is 18.9 Å². The van der Waals surface area contributed by atoms with Crippen LogP contribution < -0.4 is 24.6 Å². The molecule has 10 heavy (non-hydrogen) atoms. The third-order valence-corrected chi connectivity index (χ3v) is 1.28. The summed E-state index contributed by atoms with van der Waals surface area (Å²) in [6, 6.07) is 0. The number of nitrogens with two attached hydrogens (primary N) is 1. The molecule has 0 spiro atoms. The van der Waals surface area contributed by atoms with Crippen molar-refractivity contribution in [1.29, 1.82) is 0 Å². The van der Waals surface area contributed by atoms with E-state index in [-0.39, 0.29) is 26.2 Å². The van der Waals surface area contributed by atoms with Crippen molar-refractivity contribution in [3.8, 4) is 0 Å². The molecule has 2 N–H and O–H groups in total. The summed E-state index contributed by atoms with van der Waals surface area (Å²) in [5.41, 5.74) is 4.94. The van der Waals surface area contributed by atoms with Crippen LogP contribution in [-0.2, 0) is 4.79 Å². The number of hydrogen-bond acceptors (Lipinski definition) is 1. The first-order valence-corrected chi connectivity index (χ1v) is 3.55. The van der Waals surface area contributed by atoms with E-state index in [0.29, 0.717) is 6.42 Å². The molecule has 0 saturated carbocycles. The summed E-state index contributed by atoms with van der Waals surface area (Å²) in [5, 5.41) is 0. The van der Waals surface area contributed by atoms with E-state index >= 15 is 0 Å². The van der Waals surface area contributed by atoms with Crippen LogP contribution in [0.25, 0.3) is 0 Å². The number of carbonyl (C=O) groups is 1. The quantitative estimate of drug-likeness (QED) is 0.366. The smallest absolute Gasteiger partial charge is 1.00 e. The Morgan fingerprint density at radius 1 is 1.40 bits per heavy atom. The largest absolute Gasteiger partial charge is 1.00 e.